The van der Waals surface area contributed by atoms with Gasteiger partial charge in [-0.2, -0.15) is 5.10 Å². The predicted molar refractivity (Wildman–Crippen MR) is 83.9 cm³/mol. The normalized spacial score (nSPS) is 16.6. The zero-order valence-corrected chi connectivity index (χ0v) is 13.0. The molecule has 20 heavy (non-hydrogen) atoms. The first-order chi connectivity index (χ1) is 9.83. The van der Waals surface area contributed by atoms with Crippen molar-refractivity contribution in [2.24, 2.45) is 0 Å². The standard InChI is InChI=1S/C16H23N3S/c1-13-8-10-20-16(13)12-17-11-14-7-9-19(18-14)15-5-3-2-4-6-15/h7-10,15,17H,2-6,11-12H2,1H3. The largest absolute Gasteiger partial charge is 0.306 e. The Hall–Kier alpha value is -1.13. The first-order valence-electron chi connectivity index (χ1n) is 7.60. The number of hydrogen-bond acceptors (Lipinski definition) is 3. The average Bonchev–Trinajstić information content (AvgIpc) is 3.10. The molecule has 4 heteroatoms. The first-order valence-corrected chi connectivity index (χ1v) is 8.48. The van der Waals surface area contributed by atoms with Crippen molar-refractivity contribution in [1.29, 1.82) is 0 Å². The third-order valence-electron chi connectivity index (χ3n) is 4.17. The van der Waals surface area contributed by atoms with Gasteiger partial charge in [-0.25, -0.2) is 0 Å². The van der Waals surface area contributed by atoms with Crippen molar-refractivity contribution in [2.75, 3.05) is 0 Å². The molecule has 0 unspecified atom stereocenters. The summed E-state index contributed by atoms with van der Waals surface area (Å²) in [5, 5.41) is 10.4. The molecule has 2 heterocycles. The second kappa shape index (κ2) is 6.55. The quantitative estimate of drug-likeness (QED) is 0.900. The highest BCUT2D eigenvalue weighted by atomic mass is 32.1. The van der Waals surface area contributed by atoms with Gasteiger partial charge in [0.2, 0.25) is 0 Å². The SMILES string of the molecule is Cc1ccsc1CNCc1ccn(C2CCCCC2)n1. The van der Waals surface area contributed by atoms with Crippen LogP contribution in [0.1, 0.15) is 54.3 Å². The lowest BCUT2D eigenvalue weighted by atomic mass is 9.96. The van der Waals surface area contributed by atoms with E-state index >= 15 is 0 Å². The third kappa shape index (κ3) is 3.30. The topological polar surface area (TPSA) is 29.9 Å². The maximum Gasteiger partial charge on any atom is 0.0762 e. The zero-order chi connectivity index (χ0) is 13.8. The van der Waals surface area contributed by atoms with Crippen LogP contribution in [-0.2, 0) is 13.1 Å². The summed E-state index contributed by atoms with van der Waals surface area (Å²) in [7, 11) is 0. The smallest absolute Gasteiger partial charge is 0.0762 e. The molecule has 0 radical (unpaired) electrons. The Morgan fingerprint density at radius 3 is 2.85 bits per heavy atom. The molecule has 2 aromatic heterocycles. The molecule has 1 aliphatic carbocycles. The lowest BCUT2D eigenvalue weighted by Crippen LogP contribution is -2.16. The predicted octanol–water partition coefficient (Wildman–Crippen LogP) is 4.05. The molecule has 0 spiro atoms. The van der Waals surface area contributed by atoms with Gasteiger partial charge in [0.05, 0.1) is 11.7 Å². The highest BCUT2D eigenvalue weighted by Gasteiger charge is 2.15. The van der Waals surface area contributed by atoms with Crippen LogP contribution in [0.25, 0.3) is 0 Å². The van der Waals surface area contributed by atoms with Crippen LogP contribution in [0.15, 0.2) is 23.7 Å². The van der Waals surface area contributed by atoms with E-state index in [9.17, 15) is 0 Å². The number of aryl methyl sites for hydroxylation is 1. The number of thiophene rings is 1. The highest BCUT2D eigenvalue weighted by molar-refractivity contribution is 7.10. The van der Waals surface area contributed by atoms with Gasteiger partial charge >= 0.3 is 0 Å². The summed E-state index contributed by atoms with van der Waals surface area (Å²) < 4.78 is 2.19. The number of hydrogen-bond donors (Lipinski definition) is 1. The number of nitrogens with one attached hydrogen (secondary N) is 1. The second-order valence-electron chi connectivity index (χ2n) is 5.71. The Morgan fingerprint density at radius 2 is 2.10 bits per heavy atom. The van der Waals surface area contributed by atoms with Crippen LogP contribution in [0.3, 0.4) is 0 Å². The third-order valence-corrected chi connectivity index (χ3v) is 5.20. The van der Waals surface area contributed by atoms with Gasteiger partial charge in [0.15, 0.2) is 0 Å². The van der Waals surface area contributed by atoms with Gasteiger partial charge in [-0.15, -0.1) is 11.3 Å². The number of aromatic nitrogens is 2. The molecule has 1 fully saturated rings. The summed E-state index contributed by atoms with van der Waals surface area (Å²) in [4.78, 5) is 1.43. The van der Waals surface area contributed by atoms with E-state index in [1.807, 2.05) is 11.3 Å². The molecule has 0 saturated heterocycles. The van der Waals surface area contributed by atoms with Crippen LogP contribution < -0.4 is 5.32 Å². The molecule has 0 aromatic carbocycles. The Kier molecular flexibility index (Phi) is 4.53. The minimum atomic E-state index is 0.636. The van der Waals surface area contributed by atoms with E-state index < -0.39 is 0 Å². The number of nitrogens with zero attached hydrogens (tertiary/aromatic N) is 2. The molecular formula is C16H23N3S. The molecule has 1 aliphatic rings. The van der Waals surface area contributed by atoms with Gasteiger partial charge in [0, 0.05) is 24.2 Å². The van der Waals surface area contributed by atoms with Crippen LogP contribution in [0, 0.1) is 6.92 Å². The fraction of sp³-hybridized carbons (Fsp3) is 0.562. The molecular weight excluding hydrogens is 266 g/mol. The molecule has 0 aliphatic heterocycles. The van der Waals surface area contributed by atoms with Crippen molar-refractivity contribution in [1.82, 2.24) is 15.1 Å². The Morgan fingerprint density at radius 1 is 1.25 bits per heavy atom. The minimum Gasteiger partial charge on any atom is -0.306 e. The van der Waals surface area contributed by atoms with Gasteiger partial charge in [0.1, 0.15) is 0 Å². The van der Waals surface area contributed by atoms with E-state index in [2.05, 4.69) is 40.6 Å². The Labute approximate surface area is 125 Å². The van der Waals surface area contributed by atoms with Crippen molar-refractivity contribution in [3.63, 3.8) is 0 Å². The molecule has 1 N–H and O–H groups in total. The van der Waals surface area contributed by atoms with Crippen molar-refractivity contribution in [3.05, 3.63) is 39.8 Å². The molecule has 3 nitrogen and oxygen atoms in total. The maximum absolute atomic E-state index is 4.73. The van der Waals surface area contributed by atoms with Crippen molar-refractivity contribution in [2.45, 2.75) is 58.2 Å². The molecule has 1 saturated carbocycles. The van der Waals surface area contributed by atoms with Crippen LogP contribution in [-0.4, -0.2) is 9.78 Å². The average molecular weight is 289 g/mol. The Bertz CT molecular complexity index is 537. The molecule has 0 amide bonds. The summed E-state index contributed by atoms with van der Waals surface area (Å²) >= 11 is 1.82. The summed E-state index contributed by atoms with van der Waals surface area (Å²) in [5.74, 6) is 0. The van der Waals surface area contributed by atoms with Crippen LogP contribution in [0.5, 0.6) is 0 Å². The lowest BCUT2D eigenvalue weighted by Gasteiger charge is -2.21. The van der Waals surface area contributed by atoms with E-state index in [4.69, 9.17) is 5.10 Å². The van der Waals surface area contributed by atoms with E-state index in [0.29, 0.717) is 6.04 Å². The van der Waals surface area contributed by atoms with E-state index in [1.54, 1.807) is 0 Å². The lowest BCUT2D eigenvalue weighted by molar-refractivity contribution is 0.327. The fourth-order valence-corrected chi connectivity index (χ4v) is 3.79. The molecule has 108 valence electrons. The molecule has 0 atom stereocenters. The van der Waals surface area contributed by atoms with Gasteiger partial charge in [-0.1, -0.05) is 19.3 Å². The van der Waals surface area contributed by atoms with E-state index in [1.165, 1.54) is 42.5 Å². The maximum atomic E-state index is 4.73. The van der Waals surface area contributed by atoms with Gasteiger partial charge in [-0.3, -0.25) is 4.68 Å². The molecule has 2 aromatic rings. The van der Waals surface area contributed by atoms with Gasteiger partial charge in [0.25, 0.3) is 0 Å². The van der Waals surface area contributed by atoms with Crippen LogP contribution >= 0.6 is 11.3 Å². The molecule has 3 rings (SSSR count). The van der Waals surface area contributed by atoms with Gasteiger partial charge < -0.3 is 5.32 Å². The summed E-state index contributed by atoms with van der Waals surface area (Å²) in [6, 6.07) is 4.97. The zero-order valence-electron chi connectivity index (χ0n) is 12.1. The Balaban J connectivity index is 1.51. The first kappa shape index (κ1) is 13.8. The summed E-state index contributed by atoms with van der Waals surface area (Å²) in [5.41, 5.74) is 2.54. The van der Waals surface area contributed by atoms with Crippen molar-refractivity contribution in [3.8, 4) is 0 Å². The van der Waals surface area contributed by atoms with Crippen molar-refractivity contribution >= 4 is 11.3 Å². The monoisotopic (exact) mass is 289 g/mol. The fourth-order valence-electron chi connectivity index (χ4n) is 2.91. The second-order valence-corrected chi connectivity index (χ2v) is 6.71. The van der Waals surface area contributed by atoms with Crippen LogP contribution in [0.4, 0.5) is 0 Å². The summed E-state index contributed by atoms with van der Waals surface area (Å²) in [6.45, 7) is 3.97. The van der Waals surface area contributed by atoms with Crippen LogP contribution in [0.2, 0.25) is 0 Å². The summed E-state index contributed by atoms with van der Waals surface area (Å²) in [6.07, 6.45) is 8.85. The molecule has 0 bridgehead atoms. The van der Waals surface area contributed by atoms with E-state index in [-0.39, 0.29) is 0 Å². The van der Waals surface area contributed by atoms with Gasteiger partial charge in [-0.05, 0) is 42.8 Å². The minimum absolute atomic E-state index is 0.636. The van der Waals surface area contributed by atoms with Crippen molar-refractivity contribution < 1.29 is 0 Å². The number of rotatable bonds is 5. The van der Waals surface area contributed by atoms with E-state index in [0.717, 1.165) is 18.8 Å². The highest BCUT2D eigenvalue weighted by Crippen LogP contribution is 2.27.